The Morgan fingerprint density at radius 1 is 0.969 bits per heavy atom. The Morgan fingerprint density at radius 3 is 2.44 bits per heavy atom. The SMILES string of the molecule is Cc1ccc(C(=O)NCCSCc2ccc(Cl)c(Cl)c2)cc1S(=O)(=O)Nc1ccccc1. The number of anilines is 1. The number of nitrogens with one attached hydrogen (secondary N) is 2. The highest BCUT2D eigenvalue weighted by molar-refractivity contribution is 7.98. The number of halogens is 2. The Balaban J connectivity index is 1.57. The largest absolute Gasteiger partial charge is 0.351 e. The van der Waals surface area contributed by atoms with Gasteiger partial charge in [-0.25, -0.2) is 8.42 Å². The van der Waals surface area contributed by atoms with Crippen molar-refractivity contribution in [3.05, 3.63) is 93.5 Å². The number of benzene rings is 3. The van der Waals surface area contributed by atoms with Crippen LogP contribution in [-0.2, 0) is 15.8 Å². The van der Waals surface area contributed by atoms with Crippen LogP contribution in [-0.4, -0.2) is 26.6 Å². The summed E-state index contributed by atoms with van der Waals surface area (Å²) in [7, 11) is -3.82. The van der Waals surface area contributed by atoms with Gasteiger partial charge in [0.2, 0.25) is 0 Å². The summed E-state index contributed by atoms with van der Waals surface area (Å²) in [4.78, 5) is 12.6. The summed E-state index contributed by atoms with van der Waals surface area (Å²) in [5.41, 5.74) is 2.36. The number of rotatable bonds is 9. The van der Waals surface area contributed by atoms with Gasteiger partial charge in [0, 0.05) is 29.3 Å². The van der Waals surface area contributed by atoms with Crippen LogP contribution in [0.1, 0.15) is 21.5 Å². The van der Waals surface area contributed by atoms with E-state index in [-0.39, 0.29) is 10.8 Å². The average molecular weight is 509 g/mol. The predicted molar refractivity (Wildman–Crippen MR) is 133 cm³/mol. The third kappa shape index (κ3) is 6.65. The molecule has 0 heterocycles. The normalized spacial score (nSPS) is 11.2. The lowest BCUT2D eigenvalue weighted by atomic mass is 10.1. The van der Waals surface area contributed by atoms with E-state index in [4.69, 9.17) is 23.2 Å². The van der Waals surface area contributed by atoms with Crippen LogP contribution >= 0.6 is 35.0 Å². The van der Waals surface area contributed by atoms with Gasteiger partial charge in [-0.15, -0.1) is 0 Å². The molecule has 0 fully saturated rings. The van der Waals surface area contributed by atoms with Crippen LogP contribution in [0.2, 0.25) is 10.0 Å². The lowest BCUT2D eigenvalue weighted by Gasteiger charge is -2.12. The van der Waals surface area contributed by atoms with Crippen LogP contribution in [0, 0.1) is 6.92 Å². The molecule has 0 aliphatic heterocycles. The van der Waals surface area contributed by atoms with E-state index < -0.39 is 10.0 Å². The van der Waals surface area contributed by atoms with Crippen molar-refractivity contribution in [3.63, 3.8) is 0 Å². The van der Waals surface area contributed by atoms with Gasteiger partial charge in [0.25, 0.3) is 15.9 Å². The van der Waals surface area contributed by atoms with Gasteiger partial charge in [-0.3, -0.25) is 9.52 Å². The summed E-state index contributed by atoms with van der Waals surface area (Å²) >= 11 is 13.6. The second-order valence-electron chi connectivity index (χ2n) is 7.01. The molecular weight excluding hydrogens is 487 g/mol. The van der Waals surface area contributed by atoms with Gasteiger partial charge in [0.15, 0.2) is 0 Å². The average Bonchev–Trinajstić information content (AvgIpc) is 2.76. The van der Waals surface area contributed by atoms with Crippen LogP contribution in [0.5, 0.6) is 0 Å². The molecule has 1 amide bonds. The molecule has 168 valence electrons. The Labute approximate surface area is 202 Å². The van der Waals surface area contributed by atoms with E-state index in [0.29, 0.717) is 39.2 Å². The fourth-order valence-corrected chi connectivity index (χ4v) is 5.36. The van der Waals surface area contributed by atoms with Gasteiger partial charge >= 0.3 is 0 Å². The second-order valence-corrected chi connectivity index (χ2v) is 10.6. The molecule has 0 saturated heterocycles. The lowest BCUT2D eigenvalue weighted by molar-refractivity contribution is 0.0956. The molecule has 3 rings (SSSR count). The minimum absolute atomic E-state index is 0.0722. The van der Waals surface area contributed by atoms with E-state index in [9.17, 15) is 13.2 Å². The number of carbonyl (C=O) groups is 1. The molecule has 0 atom stereocenters. The number of hydrogen-bond donors (Lipinski definition) is 2. The van der Waals surface area contributed by atoms with Crippen molar-refractivity contribution in [2.24, 2.45) is 0 Å². The minimum Gasteiger partial charge on any atom is -0.351 e. The molecule has 0 radical (unpaired) electrons. The number of para-hydroxylation sites is 1. The van der Waals surface area contributed by atoms with Crippen LogP contribution in [0.4, 0.5) is 5.69 Å². The first-order valence-electron chi connectivity index (χ1n) is 9.74. The van der Waals surface area contributed by atoms with Gasteiger partial charge in [-0.2, -0.15) is 11.8 Å². The molecule has 0 aliphatic carbocycles. The monoisotopic (exact) mass is 508 g/mol. The molecule has 5 nitrogen and oxygen atoms in total. The molecule has 3 aromatic rings. The molecule has 0 saturated carbocycles. The van der Waals surface area contributed by atoms with Crippen molar-refractivity contribution < 1.29 is 13.2 Å². The maximum absolute atomic E-state index is 12.8. The molecule has 0 unspecified atom stereocenters. The highest BCUT2D eigenvalue weighted by Crippen LogP contribution is 2.25. The number of sulfonamides is 1. The van der Waals surface area contributed by atoms with Gasteiger partial charge in [-0.05, 0) is 54.4 Å². The predicted octanol–water partition coefficient (Wildman–Crippen LogP) is 5.77. The molecule has 32 heavy (non-hydrogen) atoms. The van der Waals surface area contributed by atoms with Crippen molar-refractivity contribution in [3.8, 4) is 0 Å². The fourth-order valence-electron chi connectivity index (χ4n) is 2.91. The standard InChI is InChI=1S/C23H22Cl2N2O3S2/c1-16-7-9-18(14-22(16)32(29,30)27-19-5-3-2-4-6-19)23(28)26-11-12-31-15-17-8-10-20(24)21(25)13-17/h2-10,13-14,27H,11-12,15H2,1H3,(H,26,28). The van der Waals surface area contributed by atoms with Gasteiger partial charge in [-0.1, -0.05) is 53.5 Å². The Hall–Kier alpha value is -2.19. The molecule has 3 aromatic carbocycles. The van der Waals surface area contributed by atoms with E-state index in [0.717, 1.165) is 11.3 Å². The summed E-state index contributed by atoms with van der Waals surface area (Å²) in [6.45, 7) is 2.14. The minimum atomic E-state index is -3.82. The van der Waals surface area contributed by atoms with Crippen LogP contribution in [0.3, 0.4) is 0 Å². The van der Waals surface area contributed by atoms with Crippen LogP contribution in [0.25, 0.3) is 0 Å². The topological polar surface area (TPSA) is 75.3 Å². The van der Waals surface area contributed by atoms with E-state index in [1.807, 2.05) is 12.1 Å². The molecular formula is C23H22Cl2N2O3S2. The number of hydrogen-bond acceptors (Lipinski definition) is 4. The van der Waals surface area contributed by atoms with Crippen molar-refractivity contribution in [1.29, 1.82) is 0 Å². The Bertz CT molecular complexity index is 1200. The third-order valence-corrected chi connectivity index (χ3v) is 7.84. The van der Waals surface area contributed by atoms with Crippen molar-refractivity contribution >= 4 is 56.6 Å². The summed E-state index contributed by atoms with van der Waals surface area (Å²) < 4.78 is 28.2. The van der Waals surface area contributed by atoms with Crippen LogP contribution < -0.4 is 10.0 Å². The maximum atomic E-state index is 12.8. The zero-order chi connectivity index (χ0) is 23.1. The molecule has 0 spiro atoms. The quantitative estimate of drug-likeness (QED) is 0.360. The summed E-state index contributed by atoms with van der Waals surface area (Å²) in [6.07, 6.45) is 0. The number of aryl methyl sites for hydroxylation is 1. The Morgan fingerprint density at radius 2 is 1.72 bits per heavy atom. The van der Waals surface area contributed by atoms with Gasteiger partial charge < -0.3 is 5.32 Å². The number of amides is 1. The first-order valence-corrected chi connectivity index (χ1v) is 13.1. The first-order chi connectivity index (χ1) is 15.3. The van der Waals surface area contributed by atoms with Gasteiger partial charge in [0.1, 0.15) is 0 Å². The molecule has 0 aromatic heterocycles. The molecule has 2 N–H and O–H groups in total. The number of thioether (sulfide) groups is 1. The van der Waals surface area contributed by atoms with Gasteiger partial charge in [0.05, 0.1) is 14.9 Å². The highest BCUT2D eigenvalue weighted by atomic mass is 35.5. The summed E-state index contributed by atoms with van der Waals surface area (Å²) in [6, 6.07) is 18.8. The second kappa shape index (κ2) is 11.1. The maximum Gasteiger partial charge on any atom is 0.262 e. The summed E-state index contributed by atoms with van der Waals surface area (Å²) in [5, 5.41) is 3.87. The zero-order valence-electron chi connectivity index (χ0n) is 17.3. The molecule has 0 aliphatic rings. The van der Waals surface area contributed by atoms with E-state index in [1.165, 1.54) is 6.07 Å². The van der Waals surface area contributed by atoms with E-state index in [1.54, 1.807) is 67.2 Å². The lowest BCUT2D eigenvalue weighted by Crippen LogP contribution is -2.26. The zero-order valence-corrected chi connectivity index (χ0v) is 20.4. The third-order valence-electron chi connectivity index (χ3n) is 4.55. The number of carbonyl (C=O) groups excluding carboxylic acids is 1. The van der Waals surface area contributed by atoms with E-state index in [2.05, 4.69) is 10.0 Å². The van der Waals surface area contributed by atoms with Crippen LogP contribution in [0.15, 0.2) is 71.6 Å². The van der Waals surface area contributed by atoms with Crippen molar-refractivity contribution in [1.82, 2.24) is 5.32 Å². The van der Waals surface area contributed by atoms with E-state index >= 15 is 0 Å². The Kier molecular flexibility index (Phi) is 8.48. The van der Waals surface area contributed by atoms with Crippen molar-refractivity contribution in [2.45, 2.75) is 17.6 Å². The fraction of sp³-hybridized carbons (Fsp3) is 0.174. The molecule has 0 bridgehead atoms. The summed E-state index contributed by atoms with van der Waals surface area (Å²) in [5.74, 6) is 1.11. The smallest absolute Gasteiger partial charge is 0.262 e. The highest BCUT2D eigenvalue weighted by Gasteiger charge is 2.19. The molecule has 9 heteroatoms. The first kappa shape index (κ1) is 24.5. The van der Waals surface area contributed by atoms with Crippen molar-refractivity contribution in [2.75, 3.05) is 17.0 Å².